The second kappa shape index (κ2) is 3.56. The first-order chi connectivity index (χ1) is 4.14. The minimum Gasteiger partial charge on any atom is -0.375 e. The number of ether oxygens (including phenoxy) is 1. The van der Waals surface area contributed by atoms with Gasteiger partial charge in [0.15, 0.2) is 0 Å². The van der Waals surface area contributed by atoms with Crippen molar-refractivity contribution in [3.05, 3.63) is 0 Å². The van der Waals surface area contributed by atoms with Crippen LogP contribution in [-0.2, 0) is 4.74 Å². The molecule has 0 spiro atoms. The zero-order valence-electron chi connectivity index (χ0n) is 6.59. The van der Waals surface area contributed by atoms with E-state index < -0.39 is 0 Å². The first-order valence-electron chi connectivity index (χ1n) is 3.48. The Labute approximate surface area is 68.5 Å². The van der Waals surface area contributed by atoms with Gasteiger partial charge in [0.1, 0.15) is 0 Å². The van der Waals surface area contributed by atoms with Crippen molar-refractivity contribution < 1.29 is 4.74 Å². The average Bonchev–Trinajstić information content (AvgIpc) is 2.10. The fourth-order valence-corrected chi connectivity index (χ4v) is 1.31. The van der Waals surface area contributed by atoms with E-state index in [9.17, 15) is 0 Å². The van der Waals surface area contributed by atoms with Gasteiger partial charge in [-0.15, -0.1) is 12.4 Å². The fraction of sp³-hybridized carbons (Fsp3) is 1.00. The molecule has 0 aromatic rings. The molecule has 62 valence electrons. The summed E-state index contributed by atoms with van der Waals surface area (Å²) in [4.78, 5) is 0. The van der Waals surface area contributed by atoms with Gasteiger partial charge in [-0.05, 0) is 32.7 Å². The molecule has 0 bridgehead atoms. The van der Waals surface area contributed by atoms with Crippen LogP contribution in [0.5, 0.6) is 0 Å². The first kappa shape index (κ1) is 10.2. The van der Waals surface area contributed by atoms with Crippen LogP contribution in [0, 0.1) is 5.92 Å². The summed E-state index contributed by atoms with van der Waals surface area (Å²) in [7, 11) is 0. The van der Waals surface area contributed by atoms with Crippen LogP contribution < -0.4 is 5.73 Å². The topological polar surface area (TPSA) is 35.2 Å². The molecular weight excluding hydrogens is 150 g/mol. The van der Waals surface area contributed by atoms with Gasteiger partial charge in [-0.25, -0.2) is 0 Å². The Morgan fingerprint density at radius 1 is 1.60 bits per heavy atom. The summed E-state index contributed by atoms with van der Waals surface area (Å²) >= 11 is 0. The molecule has 0 amide bonds. The minimum absolute atomic E-state index is 0. The van der Waals surface area contributed by atoms with Crippen LogP contribution in [0.2, 0.25) is 0 Å². The van der Waals surface area contributed by atoms with E-state index >= 15 is 0 Å². The molecule has 0 aromatic carbocycles. The molecule has 1 aliphatic rings. The van der Waals surface area contributed by atoms with Gasteiger partial charge in [0.25, 0.3) is 0 Å². The lowest BCUT2D eigenvalue weighted by atomic mass is 9.98. The summed E-state index contributed by atoms with van der Waals surface area (Å²) in [6, 6.07) is 0. The zero-order chi connectivity index (χ0) is 6.91. The summed E-state index contributed by atoms with van der Waals surface area (Å²) in [5.74, 6) is 0.597. The van der Waals surface area contributed by atoms with Crippen LogP contribution in [0.4, 0.5) is 0 Å². The molecule has 2 nitrogen and oxygen atoms in total. The van der Waals surface area contributed by atoms with E-state index in [1.807, 2.05) is 0 Å². The van der Waals surface area contributed by atoms with Gasteiger partial charge in [-0.1, -0.05) is 0 Å². The predicted molar refractivity (Wildman–Crippen MR) is 44.4 cm³/mol. The van der Waals surface area contributed by atoms with Crippen molar-refractivity contribution >= 4 is 12.4 Å². The Hall–Kier alpha value is 0.210. The van der Waals surface area contributed by atoms with Crippen LogP contribution in [0.1, 0.15) is 20.3 Å². The standard InChI is InChI=1S/C7H15NO.ClH/c1-7(2)3-6(4-8)5-9-7;/h6H,3-5,8H2,1-2H3;1H/t6-;/m0./s1. The molecule has 0 aliphatic carbocycles. The summed E-state index contributed by atoms with van der Waals surface area (Å²) in [5.41, 5.74) is 5.56. The summed E-state index contributed by atoms with van der Waals surface area (Å²) < 4.78 is 5.46. The van der Waals surface area contributed by atoms with Gasteiger partial charge in [0.05, 0.1) is 12.2 Å². The minimum atomic E-state index is 0. The van der Waals surface area contributed by atoms with Crippen molar-refractivity contribution in [1.82, 2.24) is 0 Å². The molecule has 1 rings (SSSR count). The van der Waals surface area contributed by atoms with Crippen LogP contribution in [0.3, 0.4) is 0 Å². The van der Waals surface area contributed by atoms with E-state index in [-0.39, 0.29) is 18.0 Å². The molecule has 1 atom stereocenters. The summed E-state index contributed by atoms with van der Waals surface area (Å²) in [6.07, 6.45) is 1.11. The SMILES string of the molecule is CC1(C)C[C@@H](CN)CO1.Cl. The number of hydrogen-bond donors (Lipinski definition) is 1. The zero-order valence-corrected chi connectivity index (χ0v) is 7.41. The highest BCUT2D eigenvalue weighted by Crippen LogP contribution is 2.27. The van der Waals surface area contributed by atoms with E-state index in [1.165, 1.54) is 0 Å². The normalized spacial score (nSPS) is 29.7. The predicted octanol–water partition coefficient (Wildman–Crippen LogP) is 1.18. The number of hydrogen-bond acceptors (Lipinski definition) is 2. The van der Waals surface area contributed by atoms with Crippen molar-refractivity contribution in [2.75, 3.05) is 13.2 Å². The first-order valence-corrected chi connectivity index (χ1v) is 3.48. The number of nitrogens with two attached hydrogens (primary N) is 1. The second-order valence-corrected chi connectivity index (χ2v) is 3.38. The molecule has 0 unspecified atom stereocenters. The molecule has 1 fully saturated rings. The quantitative estimate of drug-likeness (QED) is 0.634. The maximum absolute atomic E-state index is 5.47. The second-order valence-electron chi connectivity index (χ2n) is 3.38. The number of rotatable bonds is 1. The van der Waals surface area contributed by atoms with Crippen LogP contribution in [-0.4, -0.2) is 18.8 Å². The van der Waals surface area contributed by atoms with Crippen LogP contribution in [0.15, 0.2) is 0 Å². The van der Waals surface area contributed by atoms with Gasteiger partial charge in [-0.2, -0.15) is 0 Å². The van der Waals surface area contributed by atoms with Gasteiger partial charge < -0.3 is 10.5 Å². The van der Waals surface area contributed by atoms with E-state index in [2.05, 4.69) is 13.8 Å². The van der Waals surface area contributed by atoms with Crippen molar-refractivity contribution in [2.45, 2.75) is 25.9 Å². The lowest BCUT2D eigenvalue weighted by Gasteiger charge is -2.15. The lowest BCUT2D eigenvalue weighted by molar-refractivity contribution is 0.0352. The van der Waals surface area contributed by atoms with E-state index in [0.29, 0.717) is 5.92 Å². The van der Waals surface area contributed by atoms with Crippen molar-refractivity contribution in [2.24, 2.45) is 11.7 Å². The summed E-state index contributed by atoms with van der Waals surface area (Å²) in [6.45, 7) is 5.85. The summed E-state index contributed by atoms with van der Waals surface area (Å²) in [5, 5.41) is 0. The van der Waals surface area contributed by atoms with Crippen LogP contribution in [0.25, 0.3) is 0 Å². The van der Waals surface area contributed by atoms with Crippen molar-refractivity contribution in [3.63, 3.8) is 0 Å². The average molecular weight is 166 g/mol. The Bertz CT molecular complexity index is 106. The smallest absolute Gasteiger partial charge is 0.0630 e. The van der Waals surface area contributed by atoms with Crippen molar-refractivity contribution in [3.8, 4) is 0 Å². The maximum Gasteiger partial charge on any atom is 0.0630 e. The monoisotopic (exact) mass is 165 g/mol. The highest BCUT2D eigenvalue weighted by molar-refractivity contribution is 5.85. The lowest BCUT2D eigenvalue weighted by Crippen LogP contribution is -2.18. The Morgan fingerprint density at radius 3 is 2.40 bits per heavy atom. The molecule has 1 heterocycles. The van der Waals surface area contributed by atoms with Gasteiger partial charge in [-0.3, -0.25) is 0 Å². The van der Waals surface area contributed by atoms with Crippen molar-refractivity contribution in [1.29, 1.82) is 0 Å². The molecule has 10 heavy (non-hydrogen) atoms. The van der Waals surface area contributed by atoms with Crippen LogP contribution >= 0.6 is 12.4 Å². The Balaban J connectivity index is 0.000000810. The molecule has 3 heteroatoms. The fourth-order valence-electron chi connectivity index (χ4n) is 1.31. The van der Waals surface area contributed by atoms with E-state index in [1.54, 1.807) is 0 Å². The third-order valence-electron chi connectivity index (χ3n) is 1.82. The molecule has 0 saturated carbocycles. The molecule has 0 aromatic heterocycles. The molecule has 1 saturated heterocycles. The molecule has 0 radical (unpaired) electrons. The Morgan fingerprint density at radius 2 is 2.20 bits per heavy atom. The maximum atomic E-state index is 5.47. The molecular formula is C7H16ClNO. The van der Waals surface area contributed by atoms with Gasteiger partial charge in [0.2, 0.25) is 0 Å². The molecule has 2 N–H and O–H groups in total. The third-order valence-corrected chi connectivity index (χ3v) is 1.82. The number of halogens is 1. The Kier molecular flexibility index (Phi) is 3.63. The van der Waals surface area contributed by atoms with E-state index in [0.717, 1.165) is 19.6 Å². The highest BCUT2D eigenvalue weighted by atomic mass is 35.5. The molecule has 1 aliphatic heterocycles. The third kappa shape index (κ3) is 2.45. The largest absolute Gasteiger partial charge is 0.375 e. The van der Waals surface area contributed by atoms with E-state index in [4.69, 9.17) is 10.5 Å². The van der Waals surface area contributed by atoms with Gasteiger partial charge >= 0.3 is 0 Å². The highest BCUT2D eigenvalue weighted by Gasteiger charge is 2.30. The van der Waals surface area contributed by atoms with Gasteiger partial charge in [0, 0.05) is 0 Å².